The topological polar surface area (TPSA) is 47.6 Å². The molecule has 0 amide bonds. The highest BCUT2D eigenvalue weighted by molar-refractivity contribution is 7.84. The van der Waals surface area contributed by atoms with E-state index in [0.29, 0.717) is 13.2 Å². The van der Waals surface area contributed by atoms with Crippen LogP contribution in [0.5, 0.6) is 11.5 Å². The standard InChI is InChI=1S/C19H23NO3S/c1-18(2,3)24(21)20-19(13-22-14-19)15-9-11-17(12-10-15)23-16-7-5-4-6-8-16/h4-12,20H,13-14H2,1-3H3/t24-/m0/s1. The van der Waals surface area contributed by atoms with Crippen molar-refractivity contribution in [2.24, 2.45) is 0 Å². The number of para-hydroxylation sites is 1. The molecular formula is C19H23NO3S. The van der Waals surface area contributed by atoms with E-state index in [2.05, 4.69) is 4.72 Å². The van der Waals surface area contributed by atoms with Crippen molar-refractivity contribution in [2.75, 3.05) is 13.2 Å². The van der Waals surface area contributed by atoms with Gasteiger partial charge in [-0.25, -0.2) is 8.93 Å². The lowest BCUT2D eigenvalue weighted by Crippen LogP contribution is -2.59. The minimum absolute atomic E-state index is 0.320. The van der Waals surface area contributed by atoms with Crippen molar-refractivity contribution in [1.29, 1.82) is 0 Å². The first-order valence-electron chi connectivity index (χ1n) is 8.00. The highest BCUT2D eigenvalue weighted by Gasteiger charge is 2.43. The number of ether oxygens (including phenoxy) is 2. The zero-order chi connectivity index (χ0) is 17.2. The third-order valence-corrected chi connectivity index (χ3v) is 5.62. The molecule has 128 valence electrons. The molecule has 0 aromatic heterocycles. The van der Waals surface area contributed by atoms with Gasteiger partial charge >= 0.3 is 0 Å². The first-order chi connectivity index (χ1) is 11.4. The van der Waals surface area contributed by atoms with Crippen molar-refractivity contribution in [1.82, 2.24) is 4.72 Å². The normalized spacial score (nSPS) is 17.8. The molecule has 1 saturated heterocycles. The van der Waals surface area contributed by atoms with E-state index in [9.17, 15) is 4.21 Å². The molecule has 1 aliphatic rings. The fourth-order valence-corrected chi connectivity index (χ4v) is 3.28. The van der Waals surface area contributed by atoms with Crippen LogP contribution in [0.25, 0.3) is 0 Å². The summed E-state index contributed by atoms with van der Waals surface area (Å²) in [6.45, 7) is 6.92. The lowest BCUT2D eigenvalue weighted by molar-refractivity contribution is -0.0659. The predicted octanol–water partition coefficient (Wildman–Crippen LogP) is 3.76. The first-order valence-corrected chi connectivity index (χ1v) is 9.15. The van der Waals surface area contributed by atoms with E-state index in [-0.39, 0.29) is 10.3 Å². The fourth-order valence-electron chi connectivity index (χ4n) is 2.39. The summed E-state index contributed by atoms with van der Waals surface area (Å²) in [7, 11) is -1.15. The van der Waals surface area contributed by atoms with Gasteiger partial charge in [0.05, 0.1) is 28.9 Å². The van der Waals surface area contributed by atoms with Gasteiger partial charge < -0.3 is 9.47 Å². The molecular weight excluding hydrogens is 322 g/mol. The van der Waals surface area contributed by atoms with E-state index in [1.54, 1.807) is 0 Å². The van der Waals surface area contributed by atoms with Gasteiger partial charge in [0.2, 0.25) is 0 Å². The van der Waals surface area contributed by atoms with Crippen LogP contribution in [-0.2, 0) is 21.3 Å². The highest BCUT2D eigenvalue weighted by atomic mass is 32.2. The number of hydrogen-bond acceptors (Lipinski definition) is 3. The Morgan fingerprint density at radius 2 is 1.58 bits per heavy atom. The second-order valence-corrected chi connectivity index (χ2v) is 8.96. The quantitative estimate of drug-likeness (QED) is 0.898. The van der Waals surface area contributed by atoms with Crippen LogP contribution < -0.4 is 9.46 Å². The molecule has 0 aliphatic carbocycles. The maximum atomic E-state index is 12.5. The summed E-state index contributed by atoms with van der Waals surface area (Å²) in [5.41, 5.74) is 0.676. The largest absolute Gasteiger partial charge is 0.457 e. The van der Waals surface area contributed by atoms with Gasteiger partial charge in [-0.3, -0.25) is 0 Å². The Hall–Kier alpha value is -1.69. The molecule has 24 heavy (non-hydrogen) atoms. The van der Waals surface area contributed by atoms with Gasteiger partial charge in [-0.1, -0.05) is 30.3 Å². The summed E-state index contributed by atoms with van der Waals surface area (Å²) in [6.07, 6.45) is 0. The second-order valence-electron chi connectivity index (χ2n) is 7.00. The van der Waals surface area contributed by atoms with Gasteiger partial charge in [0.25, 0.3) is 0 Å². The molecule has 0 unspecified atom stereocenters. The van der Waals surface area contributed by atoms with Crippen molar-refractivity contribution in [2.45, 2.75) is 31.1 Å². The van der Waals surface area contributed by atoms with Crippen LogP contribution in [0, 0.1) is 0 Å². The molecule has 2 aromatic rings. The third-order valence-electron chi connectivity index (χ3n) is 3.93. The SMILES string of the molecule is CC(C)(C)[S@](=O)NC1(c2ccc(Oc3ccccc3)cc2)COC1. The Labute approximate surface area is 145 Å². The van der Waals surface area contributed by atoms with Crippen molar-refractivity contribution in [3.63, 3.8) is 0 Å². The molecule has 1 N–H and O–H groups in total. The van der Waals surface area contributed by atoms with E-state index >= 15 is 0 Å². The van der Waals surface area contributed by atoms with Crippen LogP contribution in [0.15, 0.2) is 54.6 Å². The average molecular weight is 345 g/mol. The minimum Gasteiger partial charge on any atom is -0.457 e. The van der Waals surface area contributed by atoms with Crippen molar-refractivity contribution >= 4 is 11.0 Å². The molecule has 3 rings (SSSR count). The van der Waals surface area contributed by atoms with Crippen LogP contribution >= 0.6 is 0 Å². The Morgan fingerprint density at radius 3 is 2.08 bits per heavy atom. The van der Waals surface area contributed by atoms with Gasteiger partial charge in [0.15, 0.2) is 0 Å². The van der Waals surface area contributed by atoms with Crippen LogP contribution in [0.2, 0.25) is 0 Å². The van der Waals surface area contributed by atoms with Gasteiger partial charge in [0, 0.05) is 0 Å². The monoisotopic (exact) mass is 345 g/mol. The maximum absolute atomic E-state index is 12.5. The molecule has 1 aliphatic heterocycles. The van der Waals surface area contributed by atoms with E-state index in [1.165, 1.54) is 0 Å². The van der Waals surface area contributed by atoms with E-state index in [0.717, 1.165) is 17.1 Å². The van der Waals surface area contributed by atoms with Gasteiger partial charge in [-0.2, -0.15) is 0 Å². The second kappa shape index (κ2) is 6.67. The zero-order valence-corrected chi connectivity index (χ0v) is 15.1. The summed E-state index contributed by atoms with van der Waals surface area (Å²) in [4.78, 5) is 0. The maximum Gasteiger partial charge on any atom is 0.127 e. The van der Waals surface area contributed by atoms with E-state index in [1.807, 2.05) is 75.4 Å². The van der Waals surface area contributed by atoms with Crippen molar-refractivity contribution in [3.05, 3.63) is 60.2 Å². The Morgan fingerprint density at radius 1 is 1.00 bits per heavy atom. The first kappa shape index (κ1) is 17.1. The molecule has 2 aromatic carbocycles. The van der Waals surface area contributed by atoms with Gasteiger partial charge in [-0.15, -0.1) is 0 Å². The molecule has 0 saturated carbocycles. The van der Waals surface area contributed by atoms with Gasteiger partial charge in [-0.05, 0) is 50.6 Å². The summed E-state index contributed by atoms with van der Waals surface area (Å²) >= 11 is 0. The number of nitrogens with one attached hydrogen (secondary N) is 1. The fraction of sp³-hybridized carbons (Fsp3) is 0.368. The molecule has 0 bridgehead atoms. The van der Waals surface area contributed by atoms with E-state index < -0.39 is 11.0 Å². The summed E-state index contributed by atoms with van der Waals surface area (Å²) in [6, 6.07) is 17.6. The minimum atomic E-state index is -1.15. The molecule has 1 fully saturated rings. The molecule has 1 heterocycles. The zero-order valence-electron chi connectivity index (χ0n) is 14.2. The Kier molecular flexibility index (Phi) is 4.76. The number of rotatable bonds is 5. The number of benzene rings is 2. The molecule has 0 spiro atoms. The summed E-state index contributed by atoms with van der Waals surface area (Å²) in [5.74, 6) is 1.58. The van der Waals surface area contributed by atoms with Crippen LogP contribution in [0.1, 0.15) is 26.3 Å². The summed E-state index contributed by atoms with van der Waals surface area (Å²) < 4.78 is 26.6. The van der Waals surface area contributed by atoms with Crippen LogP contribution in [-0.4, -0.2) is 22.2 Å². The van der Waals surface area contributed by atoms with Crippen LogP contribution in [0.3, 0.4) is 0 Å². The molecule has 4 nitrogen and oxygen atoms in total. The molecule has 1 atom stereocenters. The Balaban J connectivity index is 1.75. The lowest BCUT2D eigenvalue weighted by atomic mass is 9.89. The van der Waals surface area contributed by atoms with Gasteiger partial charge in [0.1, 0.15) is 17.0 Å². The summed E-state index contributed by atoms with van der Waals surface area (Å²) in [5, 5.41) is 0. The van der Waals surface area contributed by atoms with Crippen molar-refractivity contribution in [3.8, 4) is 11.5 Å². The van der Waals surface area contributed by atoms with Crippen molar-refractivity contribution < 1.29 is 13.7 Å². The smallest absolute Gasteiger partial charge is 0.127 e. The lowest BCUT2D eigenvalue weighted by Gasteiger charge is -2.43. The molecule has 0 radical (unpaired) electrons. The third kappa shape index (κ3) is 3.69. The predicted molar refractivity (Wildman–Crippen MR) is 96.5 cm³/mol. The Bertz CT molecular complexity index is 704. The molecule has 5 heteroatoms. The van der Waals surface area contributed by atoms with E-state index in [4.69, 9.17) is 9.47 Å². The number of hydrogen-bond donors (Lipinski definition) is 1. The highest BCUT2D eigenvalue weighted by Crippen LogP contribution is 2.33. The van der Waals surface area contributed by atoms with Crippen LogP contribution in [0.4, 0.5) is 0 Å². The average Bonchev–Trinajstić information content (AvgIpc) is 2.52.